The smallest absolute Gasteiger partial charge is 0.226 e. The van der Waals surface area contributed by atoms with Gasteiger partial charge in [0.15, 0.2) is 0 Å². The largest absolute Gasteiger partial charge is 0.368 e. The molecule has 19 heavy (non-hydrogen) atoms. The van der Waals surface area contributed by atoms with Crippen LogP contribution in [0.3, 0.4) is 0 Å². The summed E-state index contributed by atoms with van der Waals surface area (Å²) in [4.78, 5) is 28.6. The van der Waals surface area contributed by atoms with Crippen molar-refractivity contribution >= 4 is 17.4 Å². The number of amidine groups is 1. The number of hydrogen-bond acceptors (Lipinski definition) is 4. The molecule has 1 aliphatic carbocycles. The second kappa shape index (κ2) is 6.13. The third-order valence-corrected chi connectivity index (χ3v) is 3.66. The second-order valence-corrected chi connectivity index (χ2v) is 5.70. The molecule has 2 aliphatic rings. The molecule has 0 unspecified atom stereocenters. The van der Waals surface area contributed by atoms with Gasteiger partial charge in [0.25, 0.3) is 0 Å². The van der Waals surface area contributed by atoms with Gasteiger partial charge in [0.2, 0.25) is 11.6 Å². The number of hydrogen-bond donors (Lipinski definition) is 1. The quantitative estimate of drug-likeness (QED) is 0.789. The summed E-state index contributed by atoms with van der Waals surface area (Å²) in [5.41, 5.74) is 0.540. The molecule has 0 radical (unpaired) electrons. The van der Waals surface area contributed by atoms with Gasteiger partial charge in [-0.3, -0.25) is 14.6 Å². The van der Waals surface area contributed by atoms with Crippen molar-refractivity contribution in [2.24, 2.45) is 10.9 Å². The number of ketones is 2. The molecule has 0 amide bonds. The Hall–Kier alpha value is -1.45. The predicted octanol–water partition coefficient (Wildman–Crippen LogP) is 2.04. The lowest BCUT2D eigenvalue weighted by molar-refractivity contribution is -0.137. The van der Waals surface area contributed by atoms with E-state index in [0.29, 0.717) is 12.1 Å². The number of rotatable bonds is 4. The minimum absolute atomic E-state index is 0.0516. The maximum absolute atomic E-state index is 12.2. The maximum atomic E-state index is 12.2. The van der Waals surface area contributed by atoms with E-state index in [9.17, 15) is 9.59 Å². The lowest BCUT2D eigenvalue weighted by Crippen LogP contribution is -2.29. The van der Waals surface area contributed by atoms with Crippen molar-refractivity contribution in [2.45, 2.75) is 52.0 Å². The molecule has 0 spiro atoms. The zero-order valence-electron chi connectivity index (χ0n) is 11.7. The third kappa shape index (κ3) is 3.52. The van der Waals surface area contributed by atoms with Crippen molar-refractivity contribution in [3.8, 4) is 0 Å². The van der Waals surface area contributed by atoms with Gasteiger partial charge in [0, 0.05) is 17.5 Å². The van der Waals surface area contributed by atoms with Crippen LogP contribution in [0.15, 0.2) is 16.6 Å². The molecular formula is C15H22N2O2. The first-order valence-corrected chi connectivity index (χ1v) is 7.18. The van der Waals surface area contributed by atoms with Gasteiger partial charge in [-0.15, -0.1) is 0 Å². The standard InChI is InChI=1S/C15H22N2O2/c1-10(2)17-13-8-12(9-16-13)15(19)14(18)11-6-4-3-5-7-11/h8,10-11H,3-7,9H2,1-2H3,(H,16,17). The van der Waals surface area contributed by atoms with Crippen molar-refractivity contribution in [3.63, 3.8) is 0 Å². The number of aliphatic imine (C=N–C) groups is 1. The molecule has 0 aromatic heterocycles. The Morgan fingerprint density at radius 1 is 1.26 bits per heavy atom. The summed E-state index contributed by atoms with van der Waals surface area (Å²) in [5.74, 6) is 0.141. The SMILES string of the molecule is CC(C)NC1=NCC(C(=O)C(=O)C2CCCCC2)=C1. The topological polar surface area (TPSA) is 58.5 Å². The minimum atomic E-state index is -0.323. The van der Waals surface area contributed by atoms with E-state index in [1.54, 1.807) is 6.08 Å². The number of Topliss-reactive ketones (excluding diaryl/α,β-unsaturated/α-hetero) is 2. The Balaban J connectivity index is 1.95. The molecule has 4 heteroatoms. The predicted molar refractivity (Wildman–Crippen MR) is 75.2 cm³/mol. The molecule has 1 saturated carbocycles. The fourth-order valence-electron chi connectivity index (χ4n) is 2.66. The first-order valence-electron chi connectivity index (χ1n) is 7.18. The molecule has 0 atom stereocenters. The molecule has 2 rings (SSSR count). The zero-order valence-corrected chi connectivity index (χ0v) is 11.7. The Labute approximate surface area is 114 Å². The summed E-state index contributed by atoms with van der Waals surface area (Å²) < 4.78 is 0. The average molecular weight is 262 g/mol. The van der Waals surface area contributed by atoms with E-state index in [1.165, 1.54) is 6.42 Å². The van der Waals surface area contributed by atoms with Crippen molar-refractivity contribution in [3.05, 3.63) is 11.6 Å². The number of nitrogens with zero attached hydrogens (tertiary/aromatic N) is 1. The highest BCUT2D eigenvalue weighted by atomic mass is 16.2. The fourth-order valence-corrected chi connectivity index (χ4v) is 2.66. The third-order valence-electron chi connectivity index (χ3n) is 3.66. The van der Waals surface area contributed by atoms with Crippen LogP contribution in [0.1, 0.15) is 46.0 Å². The first-order chi connectivity index (χ1) is 9.08. The zero-order chi connectivity index (χ0) is 13.8. The van der Waals surface area contributed by atoms with E-state index >= 15 is 0 Å². The summed E-state index contributed by atoms with van der Waals surface area (Å²) in [5, 5.41) is 3.16. The Kier molecular flexibility index (Phi) is 4.51. The molecule has 0 saturated heterocycles. The molecule has 1 aliphatic heterocycles. The normalized spacial score (nSPS) is 20.2. The highest BCUT2D eigenvalue weighted by Gasteiger charge is 2.29. The molecule has 1 heterocycles. The monoisotopic (exact) mass is 262 g/mol. The highest BCUT2D eigenvalue weighted by molar-refractivity contribution is 6.45. The van der Waals surface area contributed by atoms with Crippen molar-refractivity contribution in [1.29, 1.82) is 0 Å². The van der Waals surface area contributed by atoms with E-state index in [1.807, 2.05) is 13.8 Å². The van der Waals surface area contributed by atoms with E-state index in [-0.39, 0.29) is 23.5 Å². The number of nitrogens with one attached hydrogen (secondary N) is 1. The van der Waals surface area contributed by atoms with E-state index in [4.69, 9.17) is 0 Å². The second-order valence-electron chi connectivity index (χ2n) is 5.70. The summed E-state index contributed by atoms with van der Waals surface area (Å²) >= 11 is 0. The minimum Gasteiger partial charge on any atom is -0.368 e. The molecule has 1 N–H and O–H groups in total. The van der Waals surface area contributed by atoms with Crippen LogP contribution in [0.5, 0.6) is 0 Å². The van der Waals surface area contributed by atoms with Crippen LogP contribution in [-0.2, 0) is 9.59 Å². The molecular weight excluding hydrogens is 240 g/mol. The van der Waals surface area contributed by atoms with Crippen LogP contribution in [-0.4, -0.2) is 30.0 Å². The summed E-state index contributed by atoms with van der Waals surface area (Å²) in [6.45, 7) is 4.37. The lowest BCUT2D eigenvalue weighted by Gasteiger charge is -2.19. The Morgan fingerprint density at radius 2 is 1.95 bits per heavy atom. The van der Waals surface area contributed by atoms with Gasteiger partial charge in [-0.05, 0) is 32.8 Å². The van der Waals surface area contributed by atoms with E-state index < -0.39 is 0 Å². The first kappa shape index (κ1) is 14.0. The van der Waals surface area contributed by atoms with Gasteiger partial charge < -0.3 is 5.32 Å². The van der Waals surface area contributed by atoms with Gasteiger partial charge >= 0.3 is 0 Å². The number of carbonyl (C=O) groups excluding carboxylic acids is 2. The summed E-state index contributed by atoms with van der Waals surface area (Å²) in [7, 11) is 0. The average Bonchev–Trinajstić information content (AvgIpc) is 2.85. The molecule has 0 bridgehead atoms. The fraction of sp³-hybridized carbons (Fsp3) is 0.667. The highest BCUT2D eigenvalue weighted by Crippen LogP contribution is 2.25. The maximum Gasteiger partial charge on any atom is 0.226 e. The van der Waals surface area contributed by atoms with Crippen LogP contribution in [0.4, 0.5) is 0 Å². The van der Waals surface area contributed by atoms with Crippen molar-refractivity contribution < 1.29 is 9.59 Å². The van der Waals surface area contributed by atoms with Crippen LogP contribution >= 0.6 is 0 Å². The number of carbonyl (C=O) groups is 2. The van der Waals surface area contributed by atoms with Gasteiger partial charge in [0.1, 0.15) is 5.84 Å². The Bertz CT molecular complexity index is 429. The Morgan fingerprint density at radius 3 is 2.58 bits per heavy atom. The van der Waals surface area contributed by atoms with E-state index in [2.05, 4.69) is 10.3 Å². The molecule has 4 nitrogen and oxygen atoms in total. The van der Waals surface area contributed by atoms with Crippen LogP contribution in [0.2, 0.25) is 0 Å². The van der Waals surface area contributed by atoms with Crippen LogP contribution in [0, 0.1) is 5.92 Å². The van der Waals surface area contributed by atoms with Gasteiger partial charge in [-0.2, -0.15) is 0 Å². The van der Waals surface area contributed by atoms with Crippen LogP contribution < -0.4 is 5.32 Å². The van der Waals surface area contributed by atoms with Crippen molar-refractivity contribution in [2.75, 3.05) is 6.54 Å². The molecule has 104 valence electrons. The summed E-state index contributed by atoms with van der Waals surface area (Å²) in [6, 6.07) is 0.276. The van der Waals surface area contributed by atoms with Crippen LogP contribution in [0.25, 0.3) is 0 Å². The molecule has 1 fully saturated rings. The van der Waals surface area contributed by atoms with Gasteiger partial charge in [-0.25, -0.2) is 0 Å². The van der Waals surface area contributed by atoms with Gasteiger partial charge in [0.05, 0.1) is 6.54 Å². The molecule has 0 aromatic carbocycles. The molecule has 0 aromatic rings. The van der Waals surface area contributed by atoms with Crippen molar-refractivity contribution in [1.82, 2.24) is 5.32 Å². The summed E-state index contributed by atoms with van der Waals surface area (Å²) in [6.07, 6.45) is 6.79. The van der Waals surface area contributed by atoms with Gasteiger partial charge in [-0.1, -0.05) is 19.3 Å². The van der Waals surface area contributed by atoms with E-state index in [0.717, 1.165) is 31.5 Å². The lowest BCUT2D eigenvalue weighted by atomic mass is 9.84.